The van der Waals surface area contributed by atoms with Gasteiger partial charge in [0, 0.05) is 0 Å². The number of rotatable bonds is 9. The monoisotopic (exact) mass is 358 g/mol. The van der Waals surface area contributed by atoms with Gasteiger partial charge in [0.15, 0.2) is 0 Å². The maximum atomic E-state index is 2.98. The lowest BCUT2D eigenvalue weighted by Gasteiger charge is -2.26. The van der Waals surface area contributed by atoms with E-state index >= 15 is 0 Å². The Bertz CT molecular complexity index is 140. The molecular weight excluding hydrogens is 326 g/mol. The molecule has 0 bridgehead atoms. The summed E-state index contributed by atoms with van der Waals surface area (Å²) in [6, 6.07) is 0. The van der Waals surface area contributed by atoms with Gasteiger partial charge in [0.1, 0.15) is 0 Å². The molecule has 0 radical (unpaired) electrons. The second-order valence-electron chi connectivity index (χ2n) is 5.63. The highest BCUT2D eigenvalue weighted by Gasteiger charge is 2.19. The van der Waals surface area contributed by atoms with Gasteiger partial charge in [0.05, 0.1) is 0 Å². The van der Waals surface area contributed by atoms with Crippen LogP contribution < -0.4 is 0 Å². The van der Waals surface area contributed by atoms with Crippen LogP contribution in [0.25, 0.3) is 0 Å². The molecule has 0 saturated carbocycles. The Kier molecular flexibility index (Phi) is 13.7. The lowest BCUT2D eigenvalue weighted by atomic mass is 9.91. The van der Waals surface area contributed by atoms with Crippen molar-refractivity contribution in [2.75, 3.05) is 0 Å². The Hall–Kier alpha value is 1.16. The predicted molar refractivity (Wildman–Crippen MR) is 91.0 cm³/mol. The maximum Gasteiger partial charge on any atom is -0.0181 e. The molecule has 0 aromatic carbocycles. The molecule has 0 spiro atoms. The van der Waals surface area contributed by atoms with Crippen LogP contribution in [0.15, 0.2) is 0 Å². The zero-order valence-electron chi connectivity index (χ0n) is 11.7. The van der Waals surface area contributed by atoms with Gasteiger partial charge in [-0.05, 0) is 17.5 Å². The molecule has 2 heteroatoms. The first-order valence-corrected chi connectivity index (χ1v) is 7.35. The Morgan fingerprint density at radius 3 is 1.81 bits per heavy atom. The minimum absolute atomic E-state index is 0. The van der Waals surface area contributed by atoms with E-state index in [9.17, 15) is 0 Å². The molecule has 0 heterocycles. The lowest BCUT2D eigenvalue weighted by Crippen LogP contribution is -2.20. The Morgan fingerprint density at radius 2 is 1.38 bits per heavy atom. The van der Waals surface area contributed by atoms with Gasteiger partial charge in [0.2, 0.25) is 0 Å². The van der Waals surface area contributed by atoms with E-state index in [1.807, 2.05) is 0 Å². The van der Waals surface area contributed by atoms with Crippen LogP contribution >= 0.6 is 33.2 Å². The van der Waals surface area contributed by atoms with E-state index < -0.39 is 0 Å². The van der Waals surface area contributed by atoms with Gasteiger partial charge in [-0.3, -0.25) is 0 Å². The highest BCUT2D eigenvalue weighted by molar-refractivity contribution is 14.0. The van der Waals surface area contributed by atoms with Gasteiger partial charge in [-0.1, -0.05) is 72.6 Å². The molecule has 0 nitrogen and oxygen atoms in total. The molecule has 16 heavy (non-hydrogen) atoms. The highest BCUT2D eigenvalue weighted by Crippen LogP contribution is 2.30. The number of hydrogen-bond acceptors (Lipinski definition) is 0. The maximum absolute atomic E-state index is 2.98. The topological polar surface area (TPSA) is 0 Å². The molecule has 0 amide bonds. The minimum Gasteiger partial charge on any atom is -0.131 e. The molecule has 0 saturated heterocycles. The van der Waals surface area contributed by atoms with Gasteiger partial charge in [-0.15, -0.1) is 33.2 Å². The number of hydrogen-bond donors (Lipinski definition) is 0. The minimum atomic E-state index is 0. The van der Waals surface area contributed by atoms with E-state index in [0.717, 1.165) is 5.92 Å². The van der Waals surface area contributed by atoms with Crippen molar-refractivity contribution >= 4 is 33.2 Å². The summed E-state index contributed by atoms with van der Waals surface area (Å²) < 4.78 is 0. The van der Waals surface area contributed by atoms with Crippen molar-refractivity contribution in [2.45, 2.75) is 84.2 Å². The fraction of sp³-hybridized carbons (Fsp3) is 1.00. The summed E-state index contributed by atoms with van der Waals surface area (Å²) in [5.41, 5.74) is 0. The van der Waals surface area contributed by atoms with Crippen LogP contribution in [0.5, 0.6) is 0 Å². The van der Waals surface area contributed by atoms with E-state index in [-0.39, 0.29) is 24.0 Å². The van der Waals surface area contributed by atoms with E-state index in [4.69, 9.17) is 0 Å². The molecule has 100 valence electrons. The summed E-state index contributed by atoms with van der Waals surface area (Å²) >= 11 is 0. The molecule has 0 fully saturated rings. The van der Waals surface area contributed by atoms with Gasteiger partial charge < -0.3 is 0 Å². The summed E-state index contributed by atoms with van der Waals surface area (Å²) in [7, 11) is 2.98. The Balaban J connectivity index is 0. The van der Waals surface area contributed by atoms with Crippen LogP contribution in [0, 0.1) is 5.92 Å². The Morgan fingerprint density at radius 1 is 0.938 bits per heavy atom. The molecular formula is C14H32IP. The van der Waals surface area contributed by atoms with E-state index in [0.29, 0.717) is 5.16 Å². The van der Waals surface area contributed by atoms with Gasteiger partial charge >= 0.3 is 0 Å². The van der Waals surface area contributed by atoms with Gasteiger partial charge in [-0.25, -0.2) is 0 Å². The third-order valence-corrected chi connectivity index (χ3v) is 4.08. The molecule has 0 aliphatic rings. The standard InChI is InChI=1S/C14H31P.HI/c1-5-6-7-8-9-10-11-12-13(2)14(3,4)15;/h13H,5-12,15H2,1-4H3;1H. The second-order valence-corrected chi connectivity index (χ2v) is 7.12. The van der Waals surface area contributed by atoms with Crippen LogP contribution in [0.3, 0.4) is 0 Å². The summed E-state index contributed by atoms with van der Waals surface area (Å²) in [6.07, 6.45) is 11.4. The summed E-state index contributed by atoms with van der Waals surface area (Å²) in [6.45, 7) is 9.31. The molecule has 0 N–H and O–H groups in total. The average molecular weight is 358 g/mol. The summed E-state index contributed by atoms with van der Waals surface area (Å²) in [5.74, 6) is 0.832. The van der Waals surface area contributed by atoms with Crippen LogP contribution in [0.4, 0.5) is 0 Å². The van der Waals surface area contributed by atoms with E-state index in [2.05, 4.69) is 36.9 Å². The number of unbranched alkanes of at least 4 members (excludes halogenated alkanes) is 6. The van der Waals surface area contributed by atoms with Gasteiger partial charge in [0.25, 0.3) is 0 Å². The van der Waals surface area contributed by atoms with Crippen molar-refractivity contribution in [2.24, 2.45) is 5.92 Å². The van der Waals surface area contributed by atoms with Gasteiger partial charge in [-0.2, -0.15) is 0 Å². The predicted octanol–water partition coefficient (Wildman–Crippen LogP) is 6.03. The zero-order valence-corrected chi connectivity index (χ0v) is 15.2. The molecule has 2 atom stereocenters. The molecule has 2 unspecified atom stereocenters. The fourth-order valence-electron chi connectivity index (χ4n) is 1.78. The van der Waals surface area contributed by atoms with E-state index in [1.165, 1.54) is 51.4 Å². The zero-order chi connectivity index (χ0) is 11.7. The fourth-order valence-corrected chi connectivity index (χ4v) is 1.95. The van der Waals surface area contributed by atoms with Crippen molar-refractivity contribution in [3.63, 3.8) is 0 Å². The summed E-state index contributed by atoms with van der Waals surface area (Å²) in [4.78, 5) is 0. The van der Waals surface area contributed by atoms with E-state index in [1.54, 1.807) is 0 Å². The van der Waals surface area contributed by atoms with Crippen LogP contribution in [-0.4, -0.2) is 5.16 Å². The first kappa shape index (κ1) is 19.5. The smallest absolute Gasteiger partial charge is 0.0181 e. The highest BCUT2D eigenvalue weighted by atomic mass is 127. The van der Waals surface area contributed by atoms with Crippen LogP contribution in [0.1, 0.15) is 79.1 Å². The number of halogens is 1. The molecule has 0 rings (SSSR count). The van der Waals surface area contributed by atoms with Crippen molar-refractivity contribution in [1.29, 1.82) is 0 Å². The normalized spacial score (nSPS) is 13.3. The lowest BCUT2D eigenvalue weighted by molar-refractivity contribution is 0.406. The van der Waals surface area contributed by atoms with Crippen molar-refractivity contribution in [3.8, 4) is 0 Å². The molecule has 0 aromatic heterocycles. The SMILES string of the molecule is CCCCCCCCCC(C)C(C)(C)P.I. The van der Waals surface area contributed by atoms with Crippen molar-refractivity contribution < 1.29 is 0 Å². The molecule has 0 aromatic rings. The average Bonchev–Trinajstić information content (AvgIpc) is 2.14. The molecule has 0 aliphatic carbocycles. The Labute approximate surface area is 123 Å². The second kappa shape index (κ2) is 11.3. The van der Waals surface area contributed by atoms with Crippen molar-refractivity contribution in [1.82, 2.24) is 0 Å². The summed E-state index contributed by atoms with van der Waals surface area (Å²) in [5, 5.41) is 0.419. The van der Waals surface area contributed by atoms with Crippen molar-refractivity contribution in [3.05, 3.63) is 0 Å². The quantitative estimate of drug-likeness (QED) is 0.268. The molecule has 0 aliphatic heterocycles. The third kappa shape index (κ3) is 11.6. The first-order chi connectivity index (χ1) is 6.98. The third-order valence-electron chi connectivity index (χ3n) is 3.51. The van der Waals surface area contributed by atoms with Crippen LogP contribution in [-0.2, 0) is 0 Å². The first-order valence-electron chi connectivity index (χ1n) is 6.77. The largest absolute Gasteiger partial charge is 0.131 e. The van der Waals surface area contributed by atoms with Crippen LogP contribution in [0.2, 0.25) is 0 Å².